The van der Waals surface area contributed by atoms with Gasteiger partial charge in [-0.05, 0) is 25.9 Å². The summed E-state index contributed by atoms with van der Waals surface area (Å²) in [5.41, 5.74) is 0. The van der Waals surface area contributed by atoms with Gasteiger partial charge in [-0.2, -0.15) is 0 Å². The van der Waals surface area contributed by atoms with Crippen molar-refractivity contribution in [1.29, 1.82) is 0 Å². The monoisotopic (exact) mass is 259 g/mol. The second-order valence-corrected chi connectivity index (χ2v) is 4.67. The second-order valence-electron chi connectivity index (χ2n) is 4.67. The molecule has 2 amide bonds. The Kier molecular flexibility index (Phi) is 5.87. The highest BCUT2D eigenvalue weighted by atomic mass is 16.4. The zero-order chi connectivity index (χ0) is 13.5. The summed E-state index contributed by atoms with van der Waals surface area (Å²) < 4.78 is 0. The van der Waals surface area contributed by atoms with Gasteiger partial charge in [0.15, 0.2) is 0 Å². The van der Waals surface area contributed by atoms with E-state index in [1.54, 1.807) is 0 Å². The smallest absolute Gasteiger partial charge is 0.326 e. The van der Waals surface area contributed by atoms with Crippen LogP contribution >= 0.6 is 0 Å². The minimum atomic E-state index is -1.14. The number of carbonyl (C=O) groups is 2. The van der Waals surface area contributed by atoms with E-state index >= 15 is 0 Å². The largest absolute Gasteiger partial charge is 0.480 e. The second kappa shape index (κ2) is 7.17. The molecular formula is C11H21N3O4. The van der Waals surface area contributed by atoms with Gasteiger partial charge in [0.05, 0.1) is 0 Å². The summed E-state index contributed by atoms with van der Waals surface area (Å²) in [7, 11) is 2.03. The quantitative estimate of drug-likeness (QED) is 0.494. The maximum atomic E-state index is 11.5. The number of hydrogen-bond donors (Lipinski definition) is 4. The average Bonchev–Trinajstić information content (AvgIpc) is 2.72. The molecule has 7 nitrogen and oxygen atoms in total. The molecule has 0 aromatic heterocycles. The van der Waals surface area contributed by atoms with E-state index in [0.29, 0.717) is 12.5 Å². The molecule has 0 saturated carbocycles. The van der Waals surface area contributed by atoms with E-state index in [1.165, 1.54) is 0 Å². The van der Waals surface area contributed by atoms with Gasteiger partial charge in [0.1, 0.15) is 6.04 Å². The molecule has 0 aliphatic carbocycles. The van der Waals surface area contributed by atoms with Crippen LogP contribution in [0.2, 0.25) is 0 Å². The van der Waals surface area contributed by atoms with E-state index in [-0.39, 0.29) is 13.0 Å². The minimum Gasteiger partial charge on any atom is -0.480 e. The van der Waals surface area contributed by atoms with E-state index in [4.69, 9.17) is 10.2 Å². The third-order valence-electron chi connectivity index (χ3n) is 3.06. The number of likely N-dealkylation sites (tertiary alicyclic amines) is 1. The Hall–Kier alpha value is -1.34. The fourth-order valence-electron chi connectivity index (χ4n) is 2.03. The number of nitrogens with one attached hydrogen (secondary N) is 2. The van der Waals surface area contributed by atoms with Crippen molar-refractivity contribution in [3.05, 3.63) is 0 Å². The number of aliphatic hydroxyl groups is 1. The number of carboxylic acids is 1. The number of carbonyl (C=O) groups excluding carboxylic acids is 1. The van der Waals surface area contributed by atoms with Gasteiger partial charge < -0.3 is 25.7 Å². The molecule has 4 N–H and O–H groups in total. The van der Waals surface area contributed by atoms with Crippen molar-refractivity contribution < 1.29 is 19.8 Å². The molecule has 1 fully saturated rings. The molecule has 2 atom stereocenters. The molecular weight excluding hydrogens is 238 g/mol. The Bertz CT molecular complexity index is 298. The Morgan fingerprint density at radius 1 is 1.50 bits per heavy atom. The van der Waals surface area contributed by atoms with Crippen LogP contribution in [0.5, 0.6) is 0 Å². The van der Waals surface area contributed by atoms with Gasteiger partial charge in [0.25, 0.3) is 0 Å². The molecule has 2 unspecified atom stereocenters. The number of nitrogens with zero attached hydrogens (tertiary/aromatic N) is 1. The zero-order valence-corrected chi connectivity index (χ0v) is 10.6. The Balaban J connectivity index is 2.25. The van der Waals surface area contributed by atoms with Gasteiger partial charge in [-0.15, -0.1) is 0 Å². The molecule has 0 bridgehead atoms. The van der Waals surface area contributed by atoms with Crippen LogP contribution < -0.4 is 10.6 Å². The van der Waals surface area contributed by atoms with Crippen LogP contribution in [0.1, 0.15) is 12.8 Å². The number of rotatable bonds is 6. The molecule has 0 aromatic carbocycles. The highest BCUT2D eigenvalue weighted by Gasteiger charge is 2.22. The first-order valence-corrected chi connectivity index (χ1v) is 6.09. The van der Waals surface area contributed by atoms with Gasteiger partial charge in [0, 0.05) is 26.1 Å². The van der Waals surface area contributed by atoms with Gasteiger partial charge in [-0.1, -0.05) is 0 Å². The van der Waals surface area contributed by atoms with Crippen molar-refractivity contribution in [3.8, 4) is 0 Å². The number of carboxylic acid groups (broad SMARTS) is 1. The lowest BCUT2D eigenvalue weighted by molar-refractivity contribution is -0.139. The predicted octanol–water partition coefficient (Wildman–Crippen LogP) is -0.927. The van der Waals surface area contributed by atoms with Crippen molar-refractivity contribution >= 4 is 12.0 Å². The highest BCUT2D eigenvalue weighted by molar-refractivity contribution is 5.82. The molecule has 7 heteroatoms. The van der Waals surface area contributed by atoms with Crippen molar-refractivity contribution in [1.82, 2.24) is 15.5 Å². The fraction of sp³-hybridized carbons (Fsp3) is 0.818. The lowest BCUT2D eigenvalue weighted by atomic mass is 10.1. The summed E-state index contributed by atoms with van der Waals surface area (Å²) in [6.45, 7) is 2.24. The van der Waals surface area contributed by atoms with Crippen molar-refractivity contribution in [2.24, 2.45) is 5.92 Å². The highest BCUT2D eigenvalue weighted by Crippen LogP contribution is 2.12. The topological polar surface area (TPSA) is 102 Å². The van der Waals surface area contributed by atoms with Gasteiger partial charge >= 0.3 is 12.0 Å². The molecule has 1 heterocycles. The first kappa shape index (κ1) is 14.7. The Labute approximate surface area is 106 Å². The summed E-state index contributed by atoms with van der Waals surface area (Å²) in [6, 6.07) is -1.54. The van der Waals surface area contributed by atoms with Crippen LogP contribution in [0.25, 0.3) is 0 Å². The molecule has 1 aliphatic heterocycles. The van der Waals surface area contributed by atoms with Crippen LogP contribution in [-0.4, -0.2) is 66.4 Å². The zero-order valence-electron chi connectivity index (χ0n) is 10.6. The van der Waals surface area contributed by atoms with Crippen LogP contribution in [0.3, 0.4) is 0 Å². The number of hydrogen-bond acceptors (Lipinski definition) is 4. The predicted molar refractivity (Wildman–Crippen MR) is 65.3 cm³/mol. The van der Waals surface area contributed by atoms with Gasteiger partial charge in [-0.3, -0.25) is 0 Å². The average molecular weight is 259 g/mol. The van der Waals surface area contributed by atoms with Crippen molar-refractivity contribution in [2.75, 3.05) is 33.3 Å². The molecule has 1 aliphatic rings. The lowest BCUT2D eigenvalue weighted by Gasteiger charge is -2.16. The first-order chi connectivity index (χ1) is 8.52. The third kappa shape index (κ3) is 4.89. The molecule has 104 valence electrons. The van der Waals surface area contributed by atoms with Crippen LogP contribution in [0.4, 0.5) is 4.79 Å². The molecule has 1 saturated heterocycles. The molecule has 18 heavy (non-hydrogen) atoms. The third-order valence-corrected chi connectivity index (χ3v) is 3.06. The van der Waals surface area contributed by atoms with E-state index < -0.39 is 18.0 Å². The minimum absolute atomic E-state index is 0.00885. The number of urea groups is 1. The fourth-order valence-corrected chi connectivity index (χ4v) is 2.03. The van der Waals surface area contributed by atoms with E-state index in [2.05, 4.69) is 15.5 Å². The molecule has 0 spiro atoms. The summed E-state index contributed by atoms with van der Waals surface area (Å²) in [6.07, 6.45) is 1.05. The standard InChI is InChI=1S/C11H21N3O4/c1-14-4-2-8(7-14)6-12-11(18)13-9(3-5-15)10(16)17/h8-9,15H,2-7H2,1H3,(H,16,17)(H2,12,13,18). The number of amides is 2. The normalized spacial score (nSPS) is 21.6. The number of aliphatic carboxylic acids is 1. The molecule has 0 radical (unpaired) electrons. The summed E-state index contributed by atoms with van der Waals surface area (Å²) in [5, 5.41) is 22.5. The van der Waals surface area contributed by atoms with Crippen LogP contribution in [-0.2, 0) is 4.79 Å². The summed E-state index contributed by atoms with van der Waals surface area (Å²) >= 11 is 0. The van der Waals surface area contributed by atoms with Gasteiger partial charge in [-0.25, -0.2) is 9.59 Å². The van der Waals surface area contributed by atoms with Crippen LogP contribution in [0.15, 0.2) is 0 Å². The van der Waals surface area contributed by atoms with Crippen molar-refractivity contribution in [2.45, 2.75) is 18.9 Å². The Morgan fingerprint density at radius 3 is 2.72 bits per heavy atom. The molecule has 0 aromatic rings. The maximum Gasteiger partial charge on any atom is 0.326 e. The maximum absolute atomic E-state index is 11.5. The van der Waals surface area contributed by atoms with E-state index in [0.717, 1.165) is 19.5 Å². The van der Waals surface area contributed by atoms with E-state index in [1.807, 2.05) is 7.05 Å². The van der Waals surface area contributed by atoms with E-state index in [9.17, 15) is 9.59 Å². The first-order valence-electron chi connectivity index (χ1n) is 6.09. The molecule has 1 rings (SSSR count). The van der Waals surface area contributed by atoms with Crippen molar-refractivity contribution in [3.63, 3.8) is 0 Å². The lowest BCUT2D eigenvalue weighted by Crippen LogP contribution is -2.47. The Morgan fingerprint density at radius 2 is 2.22 bits per heavy atom. The SMILES string of the molecule is CN1CCC(CNC(=O)NC(CCO)C(=O)O)C1. The van der Waals surface area contributed by atoms with Gasteiger partial charge in [0.2, 0.25) is 0 Å². The summed E-state index contributed by atoms with van der Waals surface area (Å²) in [4.78, 5) is 24.4. The number of aliphatic hydroxyl groups excluding tert-OH is 1. The van der Waals surface area contributed by atoms with Crippen LogP contribution in [0, 0.1) is 5.92 Å². The summed E-state index contributed by atoms with van der Waals surface area (Å²) in [5.74, 6) is -0.721.